The van der Waals surface area contributed by atoms with Gasteiger partial charge in [0.25, 0.3) is 0 Å². The zero-order valence-corrected chi connectivity index (χ0v) is 24.9. The summed E-state index contributed by atoms with van der Waals surface area (Å²) >= 11 is 0. The number of ether oxygens (including phenoxy) is 1. The van der Waals surface area contributed by atoms with E-state index in [-0.39, 0.29) is 0 Å². The van der Waals surface area contributed by atoms with Crippen LogP contribution < -0.4 is 4.74 Å². The molecule has 0 fully saturated rings. The molecule has 1 aliphatic heterocycles. The van der Waals surface area contributed by atoms with E-state index in [4.69, 9.17) is 4.74 Å². The number of hydrogen-bond acceptors (Lipinski definition) is 1. The van der Waals surface area contributed by atoms with Gasteiger partial charge in [0.2, 0.25) is 0 Å². The molecule has 0 N–H and O–H groups in total. The molecular formula is C44H27NO. The molecule has 0 atom stereocenters. The molecule has 46 heavy (non-hydrogen) atoms. The quantitative estimate of drug-likeness (QED) is 0.201. The molecule has 9 aromatic rings. The second kappa shape index (κ2) is 9.69. The fourth-order valence-electron chi connectivity index (χ4n) is 7.52. The van der Waals surface area contributed by atoms with Crippen molar-refractivity contribution in [3.63, 3.8) is 0 Å². The Morgan fingerprint density at radius 1 is 0.391 bits per heavy atom. The van der Waals surface area contributed by atoms with E-state index < -0.39 is 0 Å². The first-order valence-electron chi connectivity index (χ1n) is 15.8. The van der Waals surface area contributed by atoms with Gasteiger partial charge in [0.1, 0.15) is 11.5 Å². The predicted octanol–water partition coefficient (Wildman–Crippen LogP) is 12.2. The van der Waals surface area contributed by atoms with Crippen molar-refractivity contribution in [2.75, 3.05) is 0 Å². The summed E-state index contributed by atoms with van der Waals surface area (Å²) in [6.45, 7) is 0. The number of fused-ring (bicyclic) bond motifs is 6. The SMILES string of the molecule is c1ccc(-n2c3cc4ccccc4cc3c3cccc(-c4ccccc4-c4ccc5c(c4)-c4cccc6cccc(c46)O5)c32)cc1. The average Bonchev–Trinajstić information content (AvgIpc) is 3.44. The highest BCUT2D eigenvalue weighted by atomic mass is 16.5. The molecule has 0 amide bonds. The predicted molar refractivity (Wildman–Crippen MR) is 192 cm³/mol. The van der Waals surface area contributed by atoms with Gasteiger partial charge >= 0.3 is 0 Å². The Balaban J connectivity index is 1.25. The van der Waals surface area contributed by atoms with Crippen molar-refractivity contribution in [3.8, 4) is 50.6 Å². The number of para-hydroxylation sites is 2. The Kier molecular flexibility index (Phi) is 5.31. The first kappa shape index (κ1) is 25.2. The van der Waals surface area contributed by atoms with Crippen LogP contribution in [0, 0.1) is 0 Å². The van der Waals surface area contributed by atoms with E-state index in [0.29, 0.717) is 0 Å². The lowest BCUT2D eigenvalue weighted by Gasteiger charge is -2.22. The number of hydrogen-bond donors (Lipinski definition) is 0. The van der Waals surface area contributed by atoms with Gasteiger partial charge in [-0.05, 0) is 80.9 Å². The largest absolute Gasteiger partial charge is 0.456 e. The summed E-state index contributed by atoms with van der Waals surface area (Å²) in [4.78, 5) is 0. The van der Waals surface area contributed by atoms with Gasteiger partial charge in [-0.1, -0.05) is 121 Å². The molecule has 10 rings (SSSR count). The van der Waals surface area contributed by atoms with E-state index in [2.05, 4.69) is 168 Å². The van der Waals surface area contributed by atoms with Crippen LogP contribution in [0.2, 0.25) is 0 Å². The minimum atomic E-state index is 0.894. The molecule has 0 unspecified atom stereocenters. The van der Waals surface area contributed by atoms with Gasteiger partial charge in [-0.15, -0.1) is 0 Å². The van der Waals surface area contributed by atoms with E-state index in [1.807, 2.05) is 0 Å². The highest BCUT2D eigenvalue weighted by molar-refractivity contribution is 6.17. The summed E-state index contributed by atoms with van der Waals surface area (Å²) in [7, 11) is 0. The first-order valence-corrected chi connectivity index (χ1v) is 15.8. The maximum Gasteiger partial charge on any atom is 0.135 e. The lowest BCUT2D eigenvalue weighted by atomic mass is 9.89. The third kappa shape index (κ3) is 3.65. The molecule has 0 radical (unpaired) electrons. The van der Waals surface area contributed by atoms with Gasteiger partial charge in [-0.25, -0.2) is 0 Å². The molecule has 0 spiro atoms. The molecule has 2 heterocycles. The Bertz CT molecular complexity index is 2660. The number of nitrogens with zero attached hydrogens (tertiary/aromatic N) is 1. The van der Waals surface area contributed by atoms with E-state index >= 15 is 0 Å². The third-order valence-electron chi connectivity index (χ3n) is 9.55. The van der Waals surface area contributed by atoms with Gasteiger partial charge in [-0.2, -0.15) is 0 Å². The van der Waals surface area contributed by atoms with Crippen molar-refractivity contribution >= 4 is 43.4 Å². The summed E-state index contributed by atoms with van der Waals surface area (Å²) in [6.07, 6.45) is 0. The van der Waals surface area contributed by atoms with Crippen LogP contribution in [0.5, 0.6) is 11.5 Å². The Labute approximate surface area is 266 Å². The van der Waals surface area contributed by atoms with Crippen LogP contribution in [-0.4, -0.2) is 4.57 Å². The number of benzene rings is 8. The van der Waals surface area contributed by atoms with Crippen molar-refractivity contribution < 1.29 is 4.74 Å². The maximum atomic E-state index is 6.44. The fourth-order valence-corrected chi connectivity index (χ4v) is 7.52. The summed E-state index contributed by atoms with van der Waals surface area (Å²) in [5.74, 6) is 1.81. The summed E-state index contributed by atoms with van der Waals surface area (Å²) in [6, 6.07) is 59.1. The van der Waals surface area contributed by atoms with Gasteiger partial charge in [-0.3, -0.25) is 0 Å². The Morgan fingerprint density at radius 2 is 1.07 bits per heavy atom. The lowest BCUT2D eigenvalue weighted by molar-refractivity contribution is 0.487. The van der Waals surface area contributed by atoms with E-state index in [1.54, 1.807) is 0 Å². The van der Waals surface area contributed by atoms with Crippen molar-refractivity contribution in [3.05, 3.63) is 164 Å². The smallest absolute Gasteiger partial charge is 0.135 e. The van der Waals surface area contributed by atoms with Gasteiger partial charge in [0.05, 0.1) is 11.0 Å². The van der Waals surface area contributed by atoms with Gasteiger partial charge < -0.3 is 9.30 Å². The zero-order chi connectivity index (χ0) is 30.2. The molecule has 1 aliphatic rings. The normalized spacial score (nSPS) is 12.1. The first-order chi connectivity index (χ1) is 22.8. The van der Waals surface area contributed by atoms with Crippen LogP contribution in [0.1, 0.15) is 0 Å². The van der Waals surface area contributed by atoms with Crippen molar-refractivity contribution in [1.82, 2.24) is 4.57 Å². The minimum Gasteiger partial charge on any atom is -0.456 e. The zero-order valence-electron chi connectivity index (χ0n) is 24.9. The number of rotatable bonds is 3. The van der Waals surface area contributed by atoms with E-state index in [9.17, 15) is 0 Å². The van der Waals surface area contributed by atoms with Gasteiger partial charge in [0, 0.05) is 33.0 Å². The van der Waals surface area contributed by atoms with E-state index in [0.717, 1.165) is 22.7 Å². The van der Waals surface area contributed by atoms with Crippen molar-refractivity contribution in [2.24, 2.45) is 0 Å². The van der Waals surface area contributed by atoms with Crippen LogP contribution >= 0.6 is 0 Å². The highest BCUT2D eigenvalue weighted by Crippen LogP contribution is 2.49. The van der Waals surface area contributed by atoms with Crippen LogP contribution in [0.4, 0.5) is 0 Å². The minimum absolute atomic E-state index is 0.894. The van der Waals surface area contributed by atoms with Crippen LogP contribution in [-0.2, 0) is 0 Å². The maximum absolute atomic E-state index is 6.44. The molecule has 0 aliphatic carbocycles. The molecular weight excluding hydrogens is 558 g/mol. The standard InChI is InChI=1S/C44H27NO/c1-2-15-32(16-3-1)45-40-27-30-12-5-4-11-29(30)25-38(40)37-21-10-20-36(44(37)45)34-18-7-6-17-33(34)31-23-24-41-39(26-31)35-19-8-13-28-14-9-22-42(46-41)43(28)35/h1-27H. The van der Waals surface area contributed by atoms with Crippen molar-refractivity contribution in [1.29, 1.82) is 0 Å². The van der Waals surface area contributed by atoms with Crippen LogP contribution in [0.3, 0.4) is 0 Å². The highest BCUT2D eigenvalue weighted by Gasteiger charge is 2.22. The number of aromatic nitrogens is 1. The summed E-state index contributed by atoms with van der Waals surface area (Å²) < 4.78 is 8.89. The molecule has 0 saturated heterocycles. The second-order valence-electron chi connectivity index (χ2n) is 12.1. The Hall–Kier alpha value is -6.12. The Morgan fingerprint density at radius 3 is 1.93 bits per heavy atom. The topological polar surface area (TPSA) is 14.2 Å². The third-order valence-corrected chi connectivity index (χ3v) is 9.55. The molecule has 1 aromatic heterocycles. The molecule has 8 aromatic carbocycles. The van der Waals surface area contributed by atoms with E-state index in [1.165, 1.54) is 71.2 Å². The van der Waals surface area contributed by atoms with Crippen LogP contribution in [0.25, 0.3) is 82.4 Å². The fraction of sp³-hybridized carbons (Fsp3) is 0. The van der Waals surface area contributed by atoms with Crippen molar-refractivity contribution in [2.45, 2.75) is 0 Å². The van der Waals surface area contributed by atoms with Crippen LogP contribution in [0.15, 0.2) is 164 Å². The molecule has 0 bridgehead atoms. The van der Waals surface area contributed by atoms with Gasteiger partial charge in [0.15, 0.2) is 0 Å². The molecule has 0 saturated carbocycles. The summed E-state index contributed by atoms with van der Waals surface area (Å²) in [5.41, 5.74) is 10.7. The molecule has 2 heteroatoms. The molecule has 2 nitrogen and oxygen atoms in total. The molecule has 214 valence electrons. The lowest BCUT2D eigenvalue weighted by Crippen LogP contribution is -1.98. The summed E-state index contributed by atoms with van der Waals surface area (Å²) in [5, 5.41) is 7.37. The average molecular weight is 586 g/mol. The second-order valence-corrected chi connectivity index (χ2v) is 12.1. The monoisotopic (exact) mass is 585 g/mol.